The molecule has 0 amide bonds. The minimum absolute atomic E-state index is 0.145. The quantitative estimate of drug-likeness (QED) is 0.412. The Morgan fingerprint density at radius 2 is 2.29 bits per heavy atom. The molecule has 1 aromatic rings. The number of rotatable bonds is 3. The zero-order chi connectivity index (χ0) is 10.6. The Morgan fingerprint density at radius 1 is 1.57 bits per heavy atom. The highest BCUT2D eigenvalue weighted by molar-refractivity contribution is 5.97. The van der Waals surface area contributed by atoms with Crippen molar-refractivity contribution in [2.45, 2.75) is 6.42 Å². The van der Waals surface area contributed by atoms with E-state index >= 15 is 0 Å². The molecule has 0 unspecified atom stereocenters. The molecule has 0 radical (unpaired) electrons. The van der Waals surface area contributed by atoms with Crippen LogP contribution in [0, 0.1) is 21.4 Å². The second-order valence-corrected chi connectivity index (χ2v) is 2.57. The Labute approximate surface area is 79.7 Å². The number of carbonyl (C=O) groups excluding carboxylic acids is 1. The van der Waals surface area contributed by atoms with Crippen molar-refractivity contribution in [2.24, 2.45) is 0 Å². The molecule has 0 spiro atoms. The zero-order valence-corrected chi connectivity index (χ0v) is 7.14. The van der Waals surface area contributed by atoms with Crippen molar-refractivity contribution < 1.29 is 9.72 Å². The first-order chi connectivity index (χ1) is 6.65. The first-order valence-electron chi connectivity index (χ1n) is 3.79. The molecule has 14 heavy (non-hydrogen) atoms. The molecule has 0 aromatic heterocycles. The largest absolute Gasteiger partial charge is 0.293 e. The van der Waals surface area contributed by atoms with Crippen LogP contribution in [0.1, 0.15) is 16.8 Å². The fourth-order valence-corrected chi connectivity index (χ4v) is 0.967. The third-order valence-electron chi connectivity index (χ3n) is 1.62. The van der Waals surface area contributed by atoms with E-state index in [0.29, 0.717) is 0 Å². The van der Waals surface area contributed by atoms with Crippen LogP contribution in [0.3, 0.4) is 0 Å². The maximum Gasteiger partial charge on any atom is 0.270 e. The summed E-state index contributed by atoms with van der Waals surface area (Å²) < 4.78 is 0. The van der Waals surface area contributed by atoms with E-state index in [2.05, 4.69) is 0 Å². The van der Waals surface area contributed by atoms with Crippen molar-refractivity contribution in [1.82, 2.24) is 0 Å². The second-order valence-electron chi connectivity index (χ2n) is 2.57. The SMILES string of the molecule is N#CCC(=O)c1cccc([N+](=O)[O-])c1. The van der Waals surface area contributed by atoms with E-state index in [4.69, 9.17) is 5.26 Å². The fourth-order valence-electron chi connectivity index (χ4n) is 0.967. The Hall–Kier alpha value is -2.22. The van der Waals surface area contributed by atoms with Gasteiger partial charge in [-0.3, -0.25) is 14.9 Å². The molecule has 70 valence electrons. The predicted octanol–water partition coefficient (Wildman–Crippen LogP) is 1.69. The molecule has 0 fully saturated rings. The molecule has 5 heteroatoms. The molecular formula is C9H6N2O3. The van der Waals surface area contributed by atoms with Crippen LogP contribution >= 0.6 is 0 Å². The molecule has 0 heterocycles. The summed E-state index contributed by atoms with van der Waals surface area (Å²) in [5.41, 5.74) is 0.0505. The summed E-state index contributed by atoms with van der Waals surface area (Å²) >= 11 is 0. The lowest BCUT2D eigenvalue weighted by Gasteiger charge is -1.95. The number of ketones is 1. The molecule has 0 atom stereocenters. The molecule has 0 saturated heterocycles. The maximum absolute atomic E-state index is 11.2. The Balaban J connectivity index is 3.01. The van der Waals surface area contributed by atoms with Crippen molar-refractivity contribution in [3.05, 3.63) is 39.9 Å². The molecular weight excluding hydrogens is 184 g/mol. The number of Topliss-reactive ketones (excluding diaryl/α,β-unsaturated/α-hetero) is 1. The van der Waals surface area contributed by atoms with Crippen molar-refractivity contribution in [3.63, 3.8) is 0 Å². The summed E-state index contributed by atoms with van der Waals surface area (Å²) in [6.07, 6.45) is -0.263. The smallest absolute Gasteiger partial charge is 0.270 e. The summed E-state index contributed by atoms with van der Waals surface area (Å²) in [7, 11) is 0. The van der Waals surface area contributed by atoms with Crippen molar-refractivity contribution in [2.75, 3.05) is 0 Å². The van der Waals surface area contributed by atoms with Gasteiger partial charge in [0, 0.05) is 17.7 Å². The lowest BCUT2D eigenvalue weighted by atomic mass is 10.1. The second kappa shape index (κ2) is 4.14. The highest BCUT2D eigenvalue weighted by Gasteiger charge is 2.10. The van der Waals surface area contributed by atoms with Crippen LogP contribution in [-0.2, 0) is 0 Å². The van der Waals surface area contributed by atoms with Gasteiger partial charge in [0.25, 0.3) is 5.69 Å². The Kier molecular flexibility index (Phi) is 2.92. The van der Waals surface area contributed by atoms with Crippen LogP contribution in [0.15, 0.2) is 24.3 Å². The molecule has 1 rings (SSSR count). The monoisotopic (exact) mass is 190 g/mol. The number of nitro groups is 1. The third kappa shape index (κ3) is 2.14. The average molecular weight is 190 g/mol. The minimum atomic E-state index is -0.580. The van der Waals surface area contributed by atoms with Gasteiger partial charge in [-0.25, -0.2) is 0 Å². The number of nitrogens with zero attached hydrogens (tertiary/aromatic N) is 2. The topological polar surface area (TPSA) is 84.0 Å². The van der Waals surface area contributed by atoms with Gasteiger partial charge in [-0.05, 0) is 0 Å². The number of nitriles is 1. The van der Waals surface area contributed by atoms with E-state index in [1.54, 1.807) is 6.07 Å². The Morgan fingerprint density at radius 3 is 2.86 bits per heavy atom. The number of nitro benzene ring substituents is 1. The molecule has 1 aromatic carbocycles. The van der Waals surface area contributed by atoms with Crippen LogP contribution in [0.25, 0.3) is 0 Å². The van der Waals surface area contributed by atoms with E-state index in [1.807, 2.05) is 0 Å². The molecule has 0 N–H and O–H groups in total. The molecule has 5 nitrogen and oxygen atoms in total. The van der Waals surface area contributed by atoms with Crippen LogP contribution < -0.4 is 0 Å². The van der Waals surface area contributed by atoms with Gasteiger partial charge in [-0.2, -0.15) is 5.26 Å². The van der Waals surface area contributed by atoms with Gasteiger partial charge in [0.1, 0.15) is 0 Å². The molecule has 0 bridgehead atoms. The zero-order valence-electron chi connectivity index (χ0n) is 7.14. The number of hydrogen-bond donors (Lipinski definition) is 0. The summed E-state index contributed by atoms with van der Waals surface area (Å²) in [5, 5.41) is 18.6. The van der Waals surface area contributed by atoms with Crippen molar-refractivity contribution in [1.29, 1.82) is 5.26 Å². The lowest BCUT2D eigenvalue weighted by Crippen LogP contribution is -1.98. The van der Waals surface area contributed by atoms with Crippen LogP contribution in [-0.4, -0.2) is 10.7 Å². The van der Waals surface area contributed by atoms with E-state index in [9.17, 15) is 14.9 Å². The average Bonchev–Trinajstić information content (AvgIpc) is 2.18. The predicted molar refractivity (Wildman–Crippen MR) is 47.7 cm³/mol. The number of non-ortho nitro benzene ring substituents is 1. The van der Waals surface area contributed by atoms with Gasteiger partial charge in [-0.15, -0.1) is 0 Å². The maximum atomic E-state index is 11.2. The summed E-state index contributed by atoms with van der Waals surface area (Å²) in [6.45, 7) is 0. The van der Waals surface area contributed by atoms with E-state index in [1.165, 1.54) is 24.3 Å². The normalized spacial score (nSPS) is 9.07. The van der Waals surface area contributed by atoms with Gasteiger partial charge in [0.2, 0.25) is 0 Å². The highest BCUT2D eigenvalue weighted by atomic mass is 16.6. The van der Waals surface area contributed by atoms with Gasteiger partial charge in [0.15, 0.2) is 5.78 Å². The van der Waals surface area contributed by atoms with Crippen LogP contribution in [0.2, 0.25) is 0 Å². The van der Waals surface area contributed by atoms with Crippen molar-refractivity contribution in [3.8, 4) is 6.07 Å². The molecule has 0 aliphatic heterocycles. The van der Waals surface area contributed by atoms with Gasteiger partial charge in [0.05, 0.1) is 17.4 Å². The standard InChI is InChI=1S/C9H6N2O3/c10-5-4-9(12)7-2-1-3-8(6-7)11(13)14/h1-3,6H,4H2. The third-order valence-corrected chi connectivity index (χ3v) is 1.62. The first kappa shape index (κ1) is 9.86. The van der Waals surface area contributed by atoms with Crippen LogP contribution in [0.5, 0.6) is 0 Å². The molecule has 0 saturated carbocycles. The van der Waals surface area contributed by atoms with Gasteiger partial charge >= 0.3 is 0 Å². The lowest BCUT2D eigenvalue weighted by molar-refractivity contribution is -0.384. The van der Waals surface area contributed by atoms with E-state index in [0.717, 1.165) is 0 Å². The number of carbonyl (C=O) groups is 1. The first-order valence-corrected chi connectivity index (χ1v) is 3.79. The van der Waals surface area contributed by atoms with Gasteiger partial charge < -0.3 is 0 Å². The highest BCUT2D eigenvalue weighted by Crippen LogP contribution is 2.14. The Bertz CT molecular complexity index is 420. The molecule has 0 aliphatic rings. The van der Waals surface area contributed by atoms with E-state index < -0.39 is 10.7 Å². The molecule has 0 aliphatic carbocycles. The minimum Gasteiger partial charge on any atom is -0.293 e. The van der Waals surface area contributed by atoms with Crippen LogP contribution in [0.4, 0.5) is 5.69 Å². The number of benzene rings is 1. The summed E-state index contributed by atoms with van der Waals surface area (Å²) in [4.78, 5) is 21.0. The van der Waals surface area contributed by atoms with Gasteiger partial charge in [-0.1, -0.05) is 12.1 Å². The summed E-state index contributed by atoms with van der Waals surface area (Å²) in [5.74, 6) is -0.406. The number of hydrogen-bond acceptors (Lipinski definition) is 4. The van der Waals surface area contributed by atoms with Crippen molar-refractivity contribution >= 4 is 11.5 Å². The summed E-state index contributed by atoms with van der Waals surface area (Å²) in [6, 6.07) is 7.03. The fraction of sp³-hybridized carbons (Fsp3) is 0.111. The van der Waals surface area contributed by atoms with E-state index in [-0.39, 0.29) is 17.7 Å².